The summed E-state index contributed by atoms with van der Waals surface area (Å²) in [5.74, 6) is 1.58. The van der Waals surface area contributed by atoms with Crippen molar-refractivity contribution in [2.75, 3.05) is 20.2 Å². The van der Waals surface area contributed by atoms with Gasteiger partial charge in [-0.25, -0.2) is 0 Å². The molecule has 1 fully saturated rings. The van der Waals surface area contributed by atoms with E-state index >= 15 is 0 Å². The third-order valence-corrected chi connectivity index (χ3v) is 3.01. The molecule has 2 N–H and O–H groups in total. The zero-order chi connectivity index (χ0) is 11.2. The lowest BCUT2D eigenvalue weighted by Gasteiger charge is -2.13. The lowest BCUT2D eigenvalue weighted by Crippen LogP contribution is -2.30. The van der Waals surface area contributed by atoms with Gasteiger partial charge in [0.05, 0.1) is 13.3 Å². The Morgan fingerprint density at radius 2 is 2.06 bits per heavy atom. The molecule has 4 heteroatoms. The molecule has 2 heterocycles. The number of hydrogen-bond donors (Lipinski definition) is 2. The Hall–Kier alpha value is -1.13. The molecule has 0 saturated carbocycles. The number of nitrogens with one attached hydrogen (secondary N) is 2. The van der Waals surface area contributed by atoms with Gasteiger partial charge in [0.1, 0.15) is 5.75 Å². The molecule has 2 rings (SSSR count). The van der Waals surface area contributed by atoms with Gasteiger partial charge < -0.3 is 4.74 Å². The van der Waals surface area contributed by atoms with Crippen LogP contribution in [0.25, 0.3) is 0 Å². The molecule has 0 atom stereocenters. The molecular formula is C12H19N3O. The summed E-state index contributed by atoms with van der Waals surface area (Å²) >= 11 is 0. The van der Waals surface area contributed by atoms with Gasteiger partial charge in [-0.1, -0.05) is 0 Å². The van der Waals surface area contributed by atoms with Gasteiger partial charge in [-0.2, -0.15) is 0 Å². The van der Waals surface area contributed by atoms with E-state index in [-0.39, 0.29) is 0 Å². The normalized spacial score (nSPS) is 18.1. The van der Waals surface area contributed by atoms with Crippen molar-refractivity contribution in [3.8, 4) is 5.75 Å². The molecule has 0 spiro atoms. The minimum absolute atomic E-state index is 0.733. The molecule has 16 heavy (non-hydrogen) atoms. The van der Waals surface area contributed by atoms with Crippen molar-refractivity contribution < 1.29 is 4.74 Å². The predicted octanol–water partition coefficient (Wildman–Crippen LogP) is 1.14. The van der Waals surface area contributed by atoms with Crippen molar-refractivity contribution in [1.82, 2.24) is 15.8 Å². The number of hydrazine groups is 1. The second-order valence-corrected chi connectivity index (χ2v) is 4.23. The highest BCUT2D eigenvalue weighted by Gasteiger charge is 2.12. The third-order valence-electron chi connectivity index (χ3n) is 3.01. The third kappa shape index (κ3) is 3.18. The van der Waals surface area contributed by atoms with Crippen LogP contribution in [0.2, 0.25) is 0 Å². The average Bonchev–Trinajstić information content (AvgIpc) is 2.58. The second-order valence-electron chi connectivity index (χ2n) is 4.23. The van der Waals surface area contributed by atoms with Crippen molar-refractivity contribution in [3.05, 3.63) is 24.0 Å². The Morgan fingerprint density at radius 3 is 2.75 bits per heavy atom. The van der Waals surface area contributed by atoms with Gasteiger partial charge in [0, 0.05) is 19.3 Å². The van der Waals surface area contributed by atoms with Crippen LogP contribution in [0.15, 0.2) is 18.5 Å². The minimum Gasteiger partial charge on any atom is -0.495 e. The van der Waals surface area contributed by atoms with Crippen LogP contribution in [0.3, 0.4) is 0 Å². The van der Waals surface area contributed by atoms with E-state index in [1.807, 2.05) is 6.20 Å². The number of nitrogens with zero attached hydrogens (tertiary/aromatic N) is 1. The van der Waals surface area contributed by atoms with Crippen LogP contribution < -0.4 is 15.6 Å². The van der Waals surface area contributed by atoms with Gasteiger partial charge in [0.15, 0.2) is 0 Å². The summed E-state index contributed by atoms with van der Waals surface area (Å²) in [6.07, 6.45) is 7.20. The van der Waals surface area contributed by atoms with Gasteiger partial charge in [0.25, 0.3) is 0 Å². The molecule has 88 valence electrons. The highest BCUT2D eigenvalue weighted by atomic mass is 16.5. The zero-order valence-electron chi connectivity index (χ0n) is 9.70. The molecule has 0 unspecified atom stereocenters. The van der Waals surface area contributed by atoms with Crippen molar-refractivity contribution in [3.63, 3.8) is 0 Å². The maximum Gasteiger partial charge on any atom is 0.137 e. The van der Waals surface area contributed by atoms with Gasteiger partial charge >= 0.3 is 0 Å². The zero-order valence-corrected chi connectivity index (χ0v) is 9.70. The molecule has 0 amide bonds. The van der Waals surface area contributed by atoms with Crippen molar-refractivity contribution in [1.29, 1.82) is 0 Å². The molecule has 1 aliphatic rings. The highest BCUT2D eigenvalue weighted by Crippen LogP contribution is 2.18. The van der Waals surface area contributed by atoms with Crippen molar-refractivity contribution >= 4 is 0 Å². The van der Waals surface area contributed by atoms with Crippen LogP contribution in [0.1, 0.15) is 18.4 Å². The lowest BCUT2D eigenvalue weighted by atomic mass is 9.94. The van der Waals surface area contributed by atoms with Crippen LogP contribution in [0.4, 0.5) is 0 Å². The second kappa shape index (κ2) is 5.82. The van der Waals surface area contributed by atoms with Crippen molar-refractivity contribution in [2.45, 2.75) is 19.3 Å². The van der Waals surface area contributed by atoms with E-state index in [0.717, 1.165) is 31.2 Å². The number of methoxy groups -OCH3 is 1. The molecule has 0 aliphatic carbocycles. The topological polar surface area (TPSA) is 46.2 Å². The monoisotopic (exact) mass is 221 g/mol. The van der Waals surface area contributed by atoms with Crippen LogP contribution in [-0.2, 0) is 6.42 Å². The molecule has 0 radical (unpaired) electrons. The largest absolute Gasteiger partial charge is 0.495 e. The Bertz CT molecular complexity index is 322. The van der Waals surface area contributed by atoms with Gasteiger partial charge in [-0.05, 0) is 36.8 Å². The quantitative estimate of drug-likeness (QED) is 0.803. The van der Waals surface area contributed by atoms with Gasteiger partial charge in [-0.15, -0.1) is 0 Å². The number of ether oxygens (including phenoxy) is 1. The number of pyridine rings is 1. The SMILES string of the molecule is COc1cncc(CC2CCNNCC2)c1. The first-order chi connectivity index (χ1) is 7.88. The fourth-order valence-corrected chi connectivity index (χ4v) is 2.10. The summed E-state index contributed by atoms with van der Waals surface area (Å²) in [4.78, 5) is 4.19. The maximum atomic E-state index is 5.18. The van der Waals surface area contributed by atoms with E-state index in [9.17, 15) is 0 Å². The first-order valence-corrected chi connectivity index (χ1v) is 5.82. The van der Waals surface area contributed by atoms with Gasteiger partial charge in [0.2, 0.25) is 0 Å². The standard InChI is InChI=1S/C12H19N3O/c1-16-12-7-11(8-13-9-12)6-10-2-4-14-15-5-3-10/h7-10,14-15H,2-6H2,1H3. The van der Waals surface area contributed by atoms with E-state index in [0.29, 0.717) is 0 Å². The first kappa shape index (κ1) is 11.4. The van der Waals surface area contributed by atoms with Crippen LogP contribution in [0, 0.1) is 5.92 Å². The molecule has 4 nitrogen and oxygen atoms in total. The number of hydrogen-bond acceptors (Lipinski definition) is 4. The fourth-order valence-electron chi connectivity index (χ4n) is 2.10. The van der Waals surface area contributed by atoms with Crippen LogP contribution >= 0.6 is 0 Å². The molecule has 0 aromatic carbocycles. The Kier molecular flexibility index (Phi) is 4.13. The van der Waals surface area contributed by atoms with Crippen LogP contribution in [0.5, 0.6) is 5.75 Å². The van der Waals surface area contributed by atoms with Gasteiger partial charge in [-0.3, -0.25) is 15.8 Å². The number of rotatable bonds is 3. The van der Waals surface area contributed by atoms with E-state index in [4.69, 9.17) is 4.74 Å². The summed E-state index contributed by atoms with van der Waals surface area (Å²) in [7, 11) is 1.68. The van der Waals surface area contributed by atoms with E-state index < -0.39 is 0 Å². The molecule has 1 aromatic heterocycles. The molecule has 1 aliphatic heterocycles. The summed E-state index contributed by atoms with van der Waals surface area (Å²) in [5, 5.41) is 0. The lowest BCUT2D eigenvalue weighted by molar-refractivity contribution is 0.410. The molecule has 1 saturated heterocycles. The summed E-state index contributed by atoms with van der Waals surface area (Å²) in [6.45, 7) is 2.09. The summed E-state index contributed by atoms with van der Waals surface area (Å²) in [6, 6.07) is 2.08. The minimum atomic E-state index is 0.733. The predicted molar refractivity (Wildman–Crippen MR) is 63.2 cm³/mol. The van der Waals surface area contributed by atoms with Crippen molar-refractivity contribution in [2.24, 2.45) is 5.92 Å². The first-order valence-electron chi connectivity index (χ1n) is 5.82. The van der Waals surface area contributed by atoms with E-state index in [1.54, 1.807) is 13.3 Å². The fraction of sp³-hybridized carbons (Fsp3) is 0.583. The Labute approximate surface area is 96.4 Å². The molecule has 0 bridgehead atoms. The molecular weight excluding hydrogens is 202 g/mol. The Morgan fingerprint density at radius 1 is 1.31 bits per heavy atom. The summed E-state index contributed by atoms with van der Waals surface area (Å²) < 4.78 is 5.18. The van der Waals surface area contributed by atoms with E-state index in [1.165, 1.54) is 18.4 Å². The highest BCUT2D eigenvalue weighted by molar-refractivity contribution is 5.23. The number of aromatic nitrogens is 1. The van der Waals surface area contributed by atoms with Crippen LogP contribution in [-0.4, -0.2) is 25.2 Å². The maximum absolute atomic E-state index is 5.18. The Balaban J connectivity index is 1.96. The van der Waals surface area contributed by atoms with E-state index in [2.05, 4.69) is 21.9 Å². The smallest absolute Gasteiger partial charge is 0.137 e. The average molecular weight is 221 g/mol. The molecule has 1 aromatic rings. The summed E-state index contributed by atoms with van der Waals surface area (Å²) in [5.41, 5.74) is 7.66.